The zero-order chi connectivity index (χ0) is 15.5. The second-order valence-electron chi connectivity index (χ2n) is 4.89. The fourth-order valence-electron chi connectivity index (χ4n) is 2.19. The van der Waals surface area contributed by atoms with E-state index in [0.717, 1.165) is 16.6 Å². The van der Waals surface area contributed by atoms with Gasteiger partial charge in [-0.2, -0.15) is 0 Å². The van der Waals surface area contributed by atoms with Gasteiger partial charge in [0.2, 0.25) is 5.76 Å². The standard InChI is InChI=1S/C17H16N2O3/c1-3-21-17(20)16-15(13-10-18-9-8-14(13)22-16)19-12-6-4-11(2)5-7-12/h4-10,19H,3H2,1-2H3. The van der Waals surface area contributed by atoms with Crippen molar-refractivity contribution in [2.45, 2.75) is 13.8 Å². The molecule has 0 aliphatic rings. The van der Waals surface area contributed by atoms with Crippen LogP contribution in [0.1, 0.15) is 23.0 Å². The predicted molar refractivity (Wildman–Crippen MR) is 84.4 cm³/mol. The van der Waals surface area contributed by atoms with E-state index in [-0.39, 0.29) is 12.4 Å². The van der Waals surface area contributed by atoms with Gasteiger partial charge in [-0.25, -0.2) is 4.79 Å². The number of fused-ring (bicyclic) bond motifs is 1. The number of aromatic nitrogens is 1. The van der Waals surface area contributed by atoms with Gasteiger partial charge in [0, 0.05) is 18.1 Å². The number of carbonyl (C=O) groups excluding carboxylic acids is 1. The minimum absolute atomic E-state index is 0.158. The second-order valence-corrected chi connectivity index (χ2v) is 4.89. The average molecular weight is 296 g/mol. The molecule has 3 aromatic rings. The highest BCUT2D eigenvalue weighted by molar-refractivity contribution is 6.05. The second kappa shape index (κ2) is 5.89. The van der Waals surface area contributed by atoms with Gasteiger partial charge in [-0.15, -0.1) is 0 Å². The first-order valence-electron chi connectivity index (χ1n) is 7.06. The first-order valence-corrected chi connectivity index (χ1v) is 7.06. The molecular weight excluding hydrogens is 280 g/mol. The molecule has 1 aromatic carbocycles. The van der Waals surface area contributed by atoms with Gasteiger partial charge in [0.25, 0.3) is 0 Å². The van der Waals surface area contributed by atoms with E-state index in [9.17, 15) is 4.79 Å². The Morgan fingerprint density at radius 1 is 1.27 bits per heavy atom. The first kappa shape index (κ1) is 14.1. The molecule has 0 aliphatic carbocycles. The van der Waals surface area contributed by atoms with E-state index in [0.29, 0.717) is 11.3 Å². The number of benzene rings is 1. The quantitative estimate of drug-likeness (QED) is 0.736. The fraction of sp³-hybridized carbons (Fsp3) is 0.176. The predicted octanol–water partition coefficient (Wildman–Crippen LogP) is 4.06. The van der Waals surface area contributed by atoms with Crippen LogP contribution in [-0.2, 0) is 4.74 Å². The van der Waals surface area contributed by atoms with Crippen molar-refractivity contribution in [1.29, 1.82) is 0 Å². The number of nitrogens with zero attached hydrogens (tertiary/aromatic N) is 1. The smallest absolute Gasteiger partial charge is 0.376 e. The summed E-state index contributed by atoms with van der Waals surface area (Å²) in [6.07, 6.45) is 3.29. The summed E-state index contributed by atoms with van der Waals surface area (Å²) in [6.45, 7) is 4.07. The van der Waals surface area contributed by atoms with Crippen molar-refractivity contribution in [2.75, 3.05) is 11.9 Å². The van der Waals surface area contributed by atoms with E-state index in [1.807, 2.05) is 31.2 Å². The number of hydrogen-bond acceptors (Lipinski definition) is 5. The molecule has 1 N–H and O–H groups in total. The molecule has 22 heavy (non-hydrogen) atoms. The van der Waals surface area contributed by atoms with Crippen LogP contribution in [0.15, 0.2) is 47.1 Å². The number of aryl methyl sites for hydroxylation is 1. The van der Waals surface area contributed by atoms with E-state index in [1.165, 1.54) is 0 Å². The van der Waals surface area contributed by atoms with Crippen LogP contribution in [0.25, 0.3) is 11.0 Å². The van der Waals surface area contributed by atoms with Crippen molar-refractivity contribution in [2.24, 2.45) is 0 Å². The summed E-state index contributed by atoms with van der Waals surface area (Å²) in [5.74, 6) is -0.335. The summed E-state index contributed by atoms with van der Waals surface area (Å²) in [5, 5.41) is 3.97. The molecule has 2 aromatic heterocycles. The third-order valence-electron chi connectivity index (χ3n) is 3.27. The van der Waals surface area contributed by atoms with E-state index in [2.05, 4.69) is 10.3 Å². The highest BCUT2D eigenvalue weighted by Gasteiger charge is 2.22. The lowest BCUT2D eigenvalue weighted by atomic mass is 10.2. The largest absolute Gasteiger partial charge is 0.460 e. The number of nitrogens with one attached hydrogen (secondary N) is 1. The van der Waals surface area contributed by atoms with Crippen molar-refractivity contribution in [3.8, 4) is 0 Å². The van der Waals surface area contributed by atoms with Crippen LogP contribution in [0.4, 0.5) is 11.4 Å². The molecule has 0 saturated heterocycles. The maximum atomic E-state index is 12.1. The third-order valence-corrected chi connectivity index (χ3v) is 3.27. The number of hydrogen-bond donors (Lipinski definition) is 1. The number of rotatable bonds is 4. The van der Waals surface area contributed by atoms with Crippen LogP contribution in [0.3, 0.4) is 0 Å². The summed E-state index contributed by atoms with van der Waals surface area (Å²) < 4.78 is 10.7. The first-order chi connectivity index (χ1) is 10.7. The third kappa shape index (κ3) is 2.65. The van der Waals surface area contributed by atoms with Gasteiger partial charge in [0.15, 0.2) is 0 Å². The average Bonchev–Trinajstić information content (AvgIpc) is 2.89. The van der Waals surface area contributed by atoms with E-state index >= 15 is 0 Å². The number of anilines is 2. The van der Waals surface area contributed by atoms with E-state index in [1.54, 1.807) is 25.4 Å². The lowest BCUT2D eigenvalue weighted by molar-refractivity contribution is 0.0494. The maximum Gasteiger partial charge on any atom is 0.376 e. The van der Waals surface area contributed by atoms with Crippen LogP contribution < -0.4 is 5.32 Å². The Morgan fingerprint density at radius 3 is 2.77 bits per heavy atom. The fourth-order valence-corrected chi connectivity index (χ4v) is 2.19. The number of esters is 1. The minimum atomic E-state index is -0.492. The highest BCUT2D eigenvalue weighted by Crippen LogP contribution is 2.33. The van der Waals surface area contributed by atoms with Gasteiger partial charge >= 0.3 is 5.97 Å². The Bertz CT molecular complexity index is 806. The Hall–Kier alpha value is -2.82. The van der Waals surface area contributed by atoms with Crippen molar-refractivity contribution in [3.63, 3.8) is 0 Å². The zero-order valence-corrected chi connectivity index (χ0v) is 12.4. The minimum Gasteiger partial charge on any atom is -0.460 e. The molecular formula is C17H16N2O3. The molecule has 0 atom stereocenters. The van der Waals surface area contributed by atoms with E-state index in [4.69, 9.17) is 9.15 Å². The molecule has 0 fully saturated rings. The molecule has 5 heteroatoms. The molecule has 0 aliphatic heterocycles. The Balaban J connectivity index is 2.07. The van der Waals surface area contributed by atoms with Crippen LogP contribution in [0.5, 0.6) is 0 Å². The lowest BCUT2D eigenvalue weighted by Crippen LogP contribution is -2.06. The number of furan rings is 1. The van der Waals surface area contributed by atoms with Crippen molar-refractivity contribution in [3.05, 3.63) is 54.0 Å². The molecule has 0 bridgehead atoms. The van der Waals surface area contributed by atoms with Crippen LogP contribution in [0.2, 0.25) is 0 Å². The van der Waals surface area contributed by atoms with Gasteiger partial charge in [-0.05, 0) is 32.0 Å². The molecule has 0 amide bonds. The van der Waals surface area contributed by atoms with Crippen LogP contribution >= 0.6 is 0 Å². The highest BCUT2D eigenvalue weighted by atomic mass is 16.5. The summed E-state index contributed by atoms with van der Waals surface area (Å²) in [6, 6.07) is 9.59. The van der Waals surface area contributed by atoms with Crippen molar-refractivity contribution >= 4 is 28.3 Å². The van der Waals surface area contributed by atoms with Gasteiger partial charge < -0.3 is 14.5 Å². The molecule has 2 heterocycles. The molecule has 0 radical (unpaired) electrons. The Morgan fingerprint density at radius 2 is 2.05 bits per heavy atom. The van der Waals surface area contributed by atoms with Gasteiger partial charge in [0.1, 0.15) is 11.3 Å². The number of ether oxygens (including phenoxy) is 1. The Kier molecular flexibility index (Phi) is 3.78. The van der Waals surface area contributed by atoms with Crippen molar-refractivity contribution in [1.82, 2.24) is 4.98 Å². The Labute approximate surface area is 127 Å². The molecule has 5 nitrogen and oxygen atoms in total. The summed E-state index contributed by atoms with van der Waals surface area (Å²) in [7, 11) is 0. The number of pyridine rings is 1. The SMILES string of the molecule is CCOC(=O)c1oc2ccncc2c1Nc1ccc(C)cc1. The molecule has 0 unspecified atom stereocenters. The van der Waals surface area contributed by atoms with Gasteiger partial charge in [-0.1, -0.05) is 17.7 Å². The number of carbonyl (C=O) groups is 1. The summed E-state index contributed by atoms with van der Waals surface area (Å²) in [4.78, 5) is 16.2. The molecule has 3 rings (SSSR count). The monoisotopic (exact) mass is 296 g/mol. The lowest BCUT2D eigenvalue weighted by Gasteiger charge is -2.07. The normalized spacial score (nSPS) is 10.6. The molecule has 0 saturated carbocycles. The van der Waals surface area contributed by atoms with E-state index < -0.39 is 5.97 Å². The summed E-state index contributed by atoms with van der Waals surface area (Å²) >= 11 is 0. The molecule has 112 valence electrons. The van der Waals surface area contributed by atoms with Crippen molar-refractivity contribution < 1.29 is 13.9 Å². The molecule has 0 spiro atoms. The van der Waals surface area contributed by atoms with Crippen LogP contribution in [-0.4, -0.2) is 17.6 Å². The van der Waals surface area contributed by atoms with Gasteiger partial charge in [-0.3, -0.25) is 4.98 Å². The summed E-state index contributed by atoms with van der Waals surface area (Å²) in [5.41, 5.74) is 3.19. The van der Waals surface area contributed by atoms with Gasteiger partial charge in [0.05, 0.1) is 12.0 Å². The zero-order valence-electron chi connectivity index (χ0n) is 12.4. The maximum absolute atomic E-state index is 12.1. The van der Waals surface area contributed by atoms with Crippen LogP contribution in [0, 0.1) is 6.92 Å². The topological polar surface area (TPSA) is 64.4 Å².